The summed E-state index contributed by atoms with van der Waals surface area (Å²) in [5.74, 6) is 0.352. The molecule has 1 saturated heterocycles. The Morgan fingerprint density at radius 3 is 2.30 bits per heavy atom. The number of alkyl halides is 2. The van der Waals surface area contributed by atoms with Gasteiger partial charge in [-0.1, -0.05) is 38.1 Å². The van der Waals surface area contributed by atoms with E-state index in [0.717, 1.165) is 29.9 Å². The fourth-order valence-electron chi connectivity index (χ4n) is 6.13. The fraction of sp³-hybridized carbons (Fsp3) is 0.455. The molecule has 3 aromatic rings. The van der Waals surface area contributed by atoms with E-state index in [2.05, 4.69) is 4.90 Å². The molecule has 3 aromatic carbocycles. The van der Waals surface area contributed by atoms with E-state index in [0.29, 0.717) is 16.9 Å². The number of nitrogens with zero attached hydrogens (tertiary/aromatic N) is 1. The summed E-state index contributed by atoms with van der Waals surface area (Å²) < 4.78 is 53.3. The molecule has 11 heteroatoms. The minimum Gasteiger partial charge on any atom is -0.461 e. The highest BCUT2D eigenvalue weighted by molar-refractivity contribution is 5.68. The van der Waals surface area contributed by atoms with E-state index >= 15 is 0 Å². The lowest BCUT2D eigenvalue weighted by Crippen LogP contribution is -2.60. The van der Waals surface area contributed by atoms with Gasteiger partial charge in [-0.25, -0.2) is 8.78 Å². The lowest BCUT2D eigenvalue weighted by Gasteiger charge is -2.40. The van der Waals surface area contributed by atoms with E-state index < -0.39 is 54.9 Å². The van der Waals surface area contributed by atoms with E-state index in [4.69, 9.17) is 18.9 Å². The van der Waals surface area contributed by atoms with Gasteiger partial charge in [0, 0.05) is 42.0 Å². The number of hydrogen-bond donors (Lipinski definition) is 4. The van der Waals surface area contributed by atoms with Gasteiger partial charge in [0.15, 0.2) is 5.60 Å². The molecule has 3 aliphatic rings. The number of aliphatic hydroxyl groups excluding tert-OH is 4. The van der Waals surface area contributed by atoms with Crippen LogP contribution in [0, 0.1) is 0 Å². The Morgan fingerprint density at radius 2 is 1.61 bits per heavy atom. The van der Waals surface area contributed by atoms with E-state index in [1.807, 2.05) is 70.2 Å². The van der Waals surface area contributed by atoms with Crippen molar-refractivity contribution in [2.24, 2.45) is 0 Å². The number of halogens is 2. The van der Waals surface area contributed by atoms with Crippen LogP contribution in [-0.4, -0.2) is 70.8 Å². The van der Waals surface area contributed by atoms with Crippen LogP contribution in [0.1, 0.15) is 61.9 Å². The fourth-order valence-corrected chi connectivity index (χ4v) is 6.13. The highest BCUT2D eigenvalue weighted by atomic mass is 19.3. The van der Waals surface area contributed by atoms with E-state index in [-0.39, 0.29) is 18.1 Å². The second-order valence-corrected chi connectivity index (χ2v) is 10.6. The summed E-state index contributed by atoms with van der Waals surface area (Å²) in [6.07, 6.45) is -11.1. The van der Waals surface area contributed by atoms with Crippen molar-refractivity contribution in [2.45, 2.75) is 77.0 Å². The molecule has 0 aromatic heterocycles. The Morgan fingerprint density at radius 1 is 0.909 bits per heavy atom. The molecule has 0 radical (unpaired) electrons. The van der Waals surface area contributed by atoms with Gasteiger partial charge in [-0.2, -0.15) is 0 Å². The van der Waals surface area contributed by atoms with Gasteiger partial charge >= 0.3 is 0 Å². The van der Waals surface area contributed by atoms with Crippen LogP contribution in [0.5, 0.6) is 17.2 Å². The number of aliphatic hydroxyl groups is 4. The van der Waals surface area contributed by atoms with Crippen molar-refractivity contribution >= 4 is 5.69 Å². The first-order chi connectivity index (χ1) is 21.2. The summed E-state index contributed by atoms with van der Waals surface area (Å²) in [6.45, 7) is 9.21. The summed E-state index contributed by atoms with van der Waals surface area (Å²) >= 11 is 0. The van der Waals surface area contributed by atoms with E-state index in [1.54, 1.807) is 0 Å². The van der Waals surface area contributed by atoms with Crippen LogP contribution in [-0.2, 0) is 21.7 Å². The molecule has 1 fully saturated rings. The molecule has 9 nitrogen and oxygen atoms in total. The summed E-state index contributed by atoms with van der Waals surface area (Å²) in [6, 6.07) is 16.0. The highest BCUT2D eigenvalue weighted by Crippen LogP contribution is 2.58. The molecule has 1 spiro atoms. The summed E-state index contributed by atoms with van der Waals surface area (Å²) in [7, 11) is 0. The maximum absolute atomic E-state index is 14.6. The zero-order valence-electron chi connectivity index (χ0n) is 25.1. The minimum absolute atomic E-state index is 0.208. The van der Waals surface area contributed by atoms with Crippen molar-refractivity contribution in [1.29, 1.82) is 0 Å². The third-order valence-electron chi connectivity index (χ3n) is 8.35. The minimum atomic E-state index is -3.00. The molecule has 238 valence electrons. The molecule has 44 heavy (non-hydrogen) atoms. The summed E-state index contributed by atoms with van der Waals surface area (Å²) in [5, 5.41) is 40.4. The second kappa shape index (κ2) is 13.0. The van der Waals surface area contributed by atoms with Crippen molar-refractivity contribution in [2.75, 3.05) is 24.6 Å². The van der Waals surface area contributed by atoms with Crippen LogP contribution in [0.4, 0.5) is 14.5 Å². The predicted octanol–water partition coefficient (Wildman–Crippen LogP) is 4.60. The van der Waals surface area contributed by atoms with Gasteiger partial charge in [-0.3, -0.25) is 0 Å². The van der Waals surface area contributed by atoms with Crippen molar-refractivity contribution in [1.82, 2.24) is 0 Å². The first kappa shape index (κ1) is 32.1. The largest absolute Gasteiger partial charge is 0.461 e. The van der Waals surface area contributed by atoms with Gasteiger partial charge in [0.25, 0.3) is 6.43 Å². The first-order valence-electron chi connectivity index (χ1n) is 15.0. The molecule has 0 bridgehead atoms. The number of hydrogen-bond acceptors (Lipinski definition) is 9. The zero-order chi connectivity index (χ0) is 31.8. The van der Waals surface area contributed by atoms with Gasteiger partial charge in [0.05, 0.1) is 18.8 Å². The molecule has 6 atom stereocenters. The second-order valence-electron chi connectivity index (χ2n) is 10.6. The number of ether oxygens (including phenoxy) is 4. The molecular formula is C33H39F2NO8. The van der Waals surface area contributed by atoms with Crippen LogP contribution in [0.25, 0.3) is 0 Å². The first-order valence-corrected chi connectivity index (χ1v) is 15.0. The summed E-state index contributed by atoms with van der Waals surface area (Å²) in [5.41, 5.74) is 1.96. The lowest BCUT2D eigenvalue weighted by molar-refractivity contribution is -0.277. The maximum atomic E-state index is 14.6. The molecule has 1 unspecified atom stereocenters. The molecular weight excluding hydrogens is 576 g/mol. The van der Waals surface area contributed by atoms with Gasteiger partial charge in [-0.05, 0) is 43.2 Å². The van der Waals surface area contributed by atoms with Crippen LogP contribution in [0.15, 0.2) is 54.6 Å². The average molecular weight is 616 g/mol. The Balaban J connectivity index is 0.00000188. The summed E-state index contributed by atoms with van der Waals surface area (Å²) in [4.78, 5) is 2.16. The molecule has 6 rings (SSSR count). The van der Waals surface area contributed by atoms with Crippen LogP contribution in [0.3, 0.4) is 0 Å². The lowest BCUT2D eigenvalue weighted by atomic mass is 9.77. The Bertz CT molecular complexity index is 1470. The third kappa shape index (κ3) is 5.21. The molecule has 0 aliphatic carbocycles. The quantitative estimate of drug-likeness (QED) is 0.302. The van der Waals surface area contributed by atoms with Gasteiger partial charge in [-0.15, -0.1) is 0 Å². The van der Waals surface area contributed by atoms with Crippen molar-refractivity contribution in [3.05, 3.63) is 82.4 Å². The Labute approximate surface area is 255 Å². The van der Waals surface area contributed by atoms with Crippen molar-refractivity contribution in [3.8, 4) is 17.2 Å². The Kier molecular flexibility index (Phi) is 9.45. The van der Waals surface area contributed by atoms with Crippen LogP contribution >= 0.6 is 0 Å². The predicted molar refractivity (Wildman–Crippen MR) is 158 cm³/mol. The van der Waals surface area contributed by atoms with Crippen LogP contribution in [0.2, 0.25) is 0 Å². The highest BCUT2D eigenvalue weighted by Gasteiger charge is 2.51. The van der Waals surface area contributed by atoms with E-state index in [9.17, 15) is 29.2 Å². The van der Waals surface area contributed by atoms with E-state index in [1.165, 1.54) is 12.1 Å². The normalized spacial score (nSPS) is 26.7. The molecule has 0 amide bonds. The Hall–Kier alpha value is -3.32. The molecule has 0 saturated carbocycles. The maximum Gasteiger partial charge on any atom is 0.267 e. The molecule has 3 aliphatic heterocycles. The SMILES string of the molecule is CC.CCN(CC)c1ccc2c(c1)Oc1cc(O[C@@H]3O[C@H](CO)[C@H](O)[C@H](O)[C@H]3O)c(C(F)F)cc1C21OCc2ccccc21. The average Bonchev–Trinajstić information content (AvgIpc) is 3.42. The van der Waals surface area contributed by atoms with Gasteiger partial charge < -0.3 is 44.3 Å². The molecule has 4 N–H and O–H groups in total. The number of anilines is 1. The number of fused-ring (bicyclic) bond motifs is 6. The standard InChI is InChI=1S/C31H33F2NO8.C2H6/c1-3-34(4-2)17-9-10-20-23(11-17)40-24-13-22(41-30-28(38)27(37)26(36)25(14-35)42-30)18(29(32)33)12-21(24)31(20)19-8-6-5-7-16(19)15-39-31;1-2/h5-13,25-30,35-38H,3-4,14-15H2,1-2H3;1-2H3/t25-,26+,27+,28-,30-,31?;/m1./s1. The van der Waals surface area contributed by atoms with Crippen molar-refractivity contribution in [3.63, 3.8) is 0 Å². The van der Waals surface area contributed by atoms with Crippen LogP contribution < -0.4 is 14.4 Å². The van der Waals surface area contributed by atoms with Gasteiger partial charge in [0.2, 0.25) is 6.29 Å². The smallest absolute Gasteiger partial charge is 0.267 e. The molecule has 3 heterocycles. The number of benzene rings is 3. The third-order valence-corrected chi connectivity index (χ3v) is 8.35. The topological polar surface area (TPSA) is 121 Å². The zero-order valence-corrected chi connectivity index (χ0v) is 25.1. The van der Waals surface area contributed by atoms with Crippen molar-refractivity contribution < 1.29 is 48.2 Å². The number of rotatable bonds is 7. The monoisotopic (exact) mass is 615 g/mol. The van der Waals surface area contributed by atoms with Gasteiger partial charge in [0.1, 0.15) is 41.7 Å².